The first-order valence-electron chi connectivity index (χ1n) is 11.9. The Kier molecular flexibility index (Phi) is 5.68. The summed E-state index contributed by atoms with van der Waals surface area (Å²) in [6.45, 7) is 6.54. The number of hydrogen-bond donors (Lipinski definition) is 1. The van der Waals surface area contributed by atoms with Crippen molar-refractivity contribution in [3.63, 3.8) is 0 Å². The van der Waals surface area contributed by atoms with Gasteiger partial charge in [0.25, 0.3) is 0 Å². The molecular formula is C29H24Cl2N4OS. The third-order valence-corrected chi connectivity index (χ3v) is 8.44. The van der Waals surface area contributed by atoms with Crippen LogP contribution in [-0.2, 0) is 11.0 Å². The van der Waals surface area contributed by atoms with Gasteiger partial charge in [-0.1, -0.05) is 72.6 Å². The number of thiazole rings is 1. The van der Waals surface area contributed by atoms with Gasteiger partial charge >= 0.3 is 0 Å². The summed E-state index contributed by atoms with van der Waals surface area (Å²) < 4.78 is 1.98. The Labute approximate surface area is 229 Å². The Hall–Kier alpha value is -3.19. The third kappa shape index (κ3) is 3.95. The molecule has 2 aromatic heterocycles. The zero-order valence-corrected chi connectivity index (χ0v) is 22.9. The van der Waals surface area contributed by atoms with Gasteiger partial charge in [0, 0.05) is 37.3 Å². The fourth-order valence-electron chi connectivity index (χ4n) is 5.72. The summed E-state index contributed by atoms with van der Waals surface area (Å²) in [4.78, 5) is 4.60. The van der Waals surface area contributed by atoms with Crippen LogP contribution in [0.15, 0.2) is 82.3 Å². The molecule has 0 aliphatic carbocycles. The van der Waals surface area contributed by atoms with Crippen LogP contribution in [0.25, 0.3) is 22.2 Å². The number of aromatic hydroxyl groups is 1. The van der Waals surface area contributed by atoms with E-state index in [2.05, 4.69) is 60.2 Å². The second-order valence-corrected chi connectivity index (χ2v) is 12.0. The zero-order chi connectivity index (χ0) is 25.9. The van der Waals surface area contributed by atoms with E-state index in [9.17, 15) is 5.11 Å². The number of nitrogens with zero attached hydrogens (tertiary/aromatic N) is 4. The summed E-state index contributed by atoms with van der Waals surface area (Å²) >= 11 is 14.1. The summed E-state index contributed by atoms with van der Waals surface area (Å²) in [6.07, 6.45) is 0.780. The quantitative estimate of drug-likeness (QED) is 0.228. The van der Waals surface area contributed by atoms with Crippen LogP contribution >= 0.6 is 34.5 Å². The number of halogens is 2. The summed E-state index contributed by atoms with van der Waals surface area (Å²) in [7, 11) is 0. The van der Waals surface area contributed by atoms with Crippen molar-refractivity contribution in [3.8, 4) is 17.1 Å². The van der Waals surface area contributed by atoms with E-state index in [0.29, 0.717) is 20.9 Å². The van der Waals surface area contributed by atoms with Crippen molar-refractivity contribution in [2.75, 3.05) is 0 Å². The zero-order valence-electron chi connectivity index (χ0n) is 20.5. The molecule has 3 aromatic carbocycles. The maximum Gasteiger partial charge on any atom is 0.230 e. The summed E-state index contributed by atoms with van der Waals surface area (Å²) in [6, 6.07) is 21.8. The van der Waals surface area contributed by atoms with Crippen molar-refractivity contribution >= 4 is 56.3 Å². The molecule has 186 valence electrons. The molecule has 3 heterocycles. The molecule has 5 aromatic rings. The highest BCUT2D eigenvalue weighted by molar-refractivity contribution is 7.13. The van der Waals surface area contributed by atoms with Crippen LogP contribution < -0.4 is 0 Å². The molecule has 0 fully saturated rings. The number of rotatable bonds is 4. The molecule has 0 saturated heterocycles. The monoisotopic (exact) mass is 546 g/mol. The molecule has 6 rings (SSSR count). The van der Waals surface area contributed by atoms with Crippen molar-refractivity contribution in [2.45, 2.75) is 38.1 Å². The van der Waals surface area contributed by atoms with Gasteiger partial charge in [0.1, 0.15) is 0 Å². The number of aromatic nitrogens is 2. The van der Waals surface area contributed by atoms with Crippen LogP contribution in [0, 0.1) is 0 Å². The van der Waals surface area contributed by atoms with E-state index in [4.69, 9.17) is 23.2 Å². The second kappa shape index (κ2) is 8.69. The molecule has 1 aliphatic rings. The Morgan fingerprint density at radius 1 is 0.946 bits per heavy atom. The predicted octanol–water partition coefficient (Wildman–Crippen LogP) is 9.64. The Balaban J connectivity index is 1.49. The Morgan fingerprint density at radius 2 is 1.68 bits per heavy atom. The molecule has 1 N–H and O–H groups in total. The fourth-order valence-corrected chi connectivity index (χ4v) is 6.71. The third-order valence-electron chi connectivity index (χ3n) is 7.24. The van der Waals surface area contributed by atoms with Crippen LogP contribution in [0.1, 0.15) is 38.3 Å². The molecule has 5 nitrogen and oxygen atoms in total. The van der Waals surface area contributed by atoms with E-state index >= 15 is 0 Å². The molecule has 0 bridgehead atoms. The minimum atomic E-state index is -0.384. The molecule has 0 radical (unpaired) electrons. The van der Waals surface area contributed by atoms with Gasteiger partial charge in [-0.2, -0.15) is 0 Å². The van der Waals surface area contributed by atoms with E-state index in [1.54, 1.807) is 0 Å². The Morgan fingerprint density at radius 3 is 2.41 bits per heavy atom. The number of benzene rings is 3. The van der Waals surface area contributed by atoms with Gasteiger partial charge in [0.15, 0.2) is 5.69 Å². The maximum absolute atomic E-state index is 11.5. The molecule has 1 aliphatic heterocycles. The van der Waals surface area contributed by atoms with Gasteiger partial charge < -0.3 is 9.67 Å². The SMILES string of the molecule is CC1(c2ccccc2)CC(C)(C)n2c(O)c(N=Nc3nc(-c4ccc(Cl)cc4)cs3)c3cc(Cl)cc1c32. The molecule has 0 amide bonds. The van der Waals surface area contributed by atoms with Gasteiger partial charge in [-0.3, -0.25) is 0 Å². The number of azo groups is 1. The first-order valence-corrected chi connectivity index (χ1v) is 13.6. The normalized spacial score (nSPS) is 18.6. The first kappa shape index (κ1) is 24.2. The second-order valence-electron chi connectivity index (χ2n) is 10.3. The summed E-state index contributed by atoms with van der Waals surface area (Å²) in [5, 5.41) is 24.8. The highest BCUT2D eigenvalue weighted by Gasteiger charge is 2.45. The van der Waals surface area contributed by atoms with Crippen LogP contribution in [0.3, 0.4) is 0 Å². The molecule has 1 atom stereocenters. The van der Waals surface area contributed by atoms with Gasteiger partial charge in [-0.15, -0.1) is 21.6 Å². The molecule has 8 heteroatoms. The average Bonchev–Trinajstić information content (AvgIpc) is 3.45. The highest BCUT2D eigenvalue weighted by atomic mass is 35.5. The van der Waals surface area contributed by atoms with E-state index in [1.807, 2.05) is 52.4 Å². The van der Waals surface area contributed by atoms with Gasteiger partial charge in [0.05, 0.1) is 11.2 Å². The molecule has 1 unspecified atom stereocenters. The van der Waals surface area contributed by atoms with Crippen LogP contribution in [0.5, 0.6) is 5.88 Å². The van der Waals surface area contributed by atoms with Gasteiger partial charge in [-0.25, -0.2) is 4.98 Å². The first-order chi connectivity index (χ1) is 17.7. The van der Waals surface area contributed by atoms with Gasteiger partial charge in [0.2, 0.25) is 11.0 Å². The lowest BCUT2D eigenvalue weighted by Crippen LogP contribution is -2.41. The topological polar surface area (TPSA) is 62.8 Å². The Bertz CT molecular complexity index is 1670. The maximum atomic E-state index is 11.5. The van der Waals surface area contributed by atoms with Crippen molar-refractivity contribution in [2.24, 2.45) is 10.2 Å². The summed E-state index contributed by atoms with van der Waals surface area (Å²) in [5.74, 6) is 0.0804. The lowest BCUT2D eigenvalue weighted by atomic mass is 9.66. The summed E-state index contributed by atoms with van der Waals surface area (Å²) in [5.41, 5.74) is 4.66. The van der Waals surface area contributed by atoms with Crippen molar-refractivity contribution < 1.29 is 5.11 Å². The van der Waals surface area contributed by atoms with E-state index in [-0.39, 0.29) is 16.8 Å². The van der Waals surface area contributed by atoms with Crippen LogP contribution in [0.4, 0.5) is 10.8 Å². The van der Waals surface area contributed by atoms with Crippen molar-refractivity contribution in [1.29, 1.82) is 0 Å². The highest BCUT2D eigenvalue weighted by Crippen LogP contribution is 2.55. The molecule has 0 saturated carbocycles. The van der Waals surface area contributed by atoms with Crippen LogP contribution in [0.2, 0.25) is 10.0 Å². The lowest BCUT2D eigenvalue weighted by molar-refractivity contribution is 0.236. The molecule has 0 spiro atoms. The van der Waals surface area contributed by atoms with Crippen molar-refractivity contribution in [3.05, 3.63) is 93.3 Å². The van der Waals surface area contributed by atoms with E-state index in [1.165, 1.54) is 16.9 Å². The van der Waals surface area contributed by atoms with Crippen molar-refractivity contribution in [1.82, 2.24) is 9.55 Å². The minimum absolute atomic E-state index is 0.0804. The standard InChI is InChI=1S/C29H24Cl2N4OS/c1-28(2)16-29(3,18-7-5-4-6-8-18)22-14-20(31)13-21-24(26(36)35(28)25(21)22)33-34-27-32-23(15-37-27)17-9-11-19(30)12-10-17/h4-15,36H,16H2,1-3H3. The molecular weight excluding hydrogens is 523 g/mol. The lowest BCUT2D eigenvalue weighted by Gasteiger charge is -2.45. The number of hydrogen-bond acceptors (Lipinski definition) is 5. The fraction of sp³-hybridized carbons (Fsp3) is 0.207. The minimum Gasteiger partial charge on any atom is -0.493 e. The smallest absolute Gasteiger partial charge is 0.230 e. The van der Waals surface area contributed by atoms with Crippen LogP contribution in [-0.4, -0.2) is 14.7 Å². The predicted molar refractivity (Wildman–Crippen MR) is 152 cm³/mol. The van der Waals surface area contributed by atoms with E-state index in [0.717, 1.165) is 34.1 Å². The largest absolute Gasteiger partial charge is 0.493 e. The average molecular weight is 548 g/mol. The van der Waals surface area contributed by atoms with E-state index < -0.39 is 0 Å². The molecule has 37 heavy (non-hydrogen) atoms. The van der Waals surface area contributed by atoms with Gasteiger partial charge in [-0.05, 0) is 55.7 Å².